The van der Waals surface area contributed by atoms with E-state index in [4.69, 9.17) is 10.5 Å². The van der Waals surface area contributed by atoms with Gasteiger partial charge in [0, 0.05) is 29.7 Å². The third-order valence-corrected chi connectivity index (χ3v) is 4.41. The number of nitrogens with zero attached hydrogens (tertiary/aromatic N) is 1. The summed E-state index contributed by atoms with van der Waals surface area (Å²) in [6, 6.07) is 5.82. The number of ether oxygens (including phenoxy) is 1. The van der Waals surface area contributed by atoms with Gasteiger partial charge in [-0.15, -0.1) is 12.4 Å². The second kappa shape index (κ2) is 8.01. The highest BCUT2D eigenvalue weighted by Crippen LogP contribution is 2.28. The molecule has 0 aliphatic heterocycles. The van der Waals surface area contributed by atoms with E-state index in [9.17, 15) is 4.79 Å². The Morgan fingerprint density at radius 2 is 2.19 bits per heavy atom. The maximum atomic E-state index is 12.4. The van der Waals surface area contributed by atoms with Gasteiger partial charge in [0.15, 0.2) is 0 Å². The van der Waals surface area contributed by atoms with E-state index < -0.39 is 0 Å². The monoisotopic (exact) mass is 376 g/mol. The zero-order chi connectivity index (χ0) is 14.7. The molecule has 4 nitrogen and oxygen atoms in total. The Labute approximate surface area is 140 Å². The smallest absolute Gasteiger partial charge is 0.227 e. The molecule has 1 aromatic carbocycles. The van der Waals surface area contributed by atoms with Crippen LogP contribution in [0.4, 0.5) is 0 Å². The van der Waals surface area contributed by atoms with Crippen LogP contribution >= 0.6 is 28.3 Å². The summed E-state index contributed by atoms with van der Waals surface area (Å²) in [5, 5.41) is 0. The van der Waals surface area contributed by atoms with Crippen LogP contribution in [0.2, 0.25) is 0 Å². The second-order valence-electron chi connectivity index (χ2n) is 5.35. The van der Waals surface area contributed by atoms with Crippen molar-refractivity contribution in [3.05, 3.63) is 28.2 Å². The standard InChI is InChI=1S/C15H21BrN2O2.ClH/c1-18(15(19)12-4-3-5-13(12)17)9-10-8-11(16)6-7-14(10)20-2;/h6-8,12-13H,3-5,9,17H2,1-2H3;1H. The summed E-state index contributed by atoms with van der Waals surface area (Å²) in [4.78, 5) is 14.2. The van der Waals surface area contributed by atoms with Crippen molar-refractivity contribution in [3.63, 3.8) is 0 Å². The average Bonchev–Trinajstić information content (AvgIpc) is 2.84. The zero-order valence-electron chi connectivity index (χ0n) is 12.3. The van der Waals surface area contributed by atoms with E-state index in [0.717, 1.165) is 35.0 Å². The molecule has 2 N–H and O–H groups in total. The Hall–Kier alpha value is -0.780. The lowest BCUT2D eigenvalue weighted by molar-refractivity contribution is -0.134. The summed E-state index contributed by atoms with van der Waals surface area (Å²) < 4.78 is 6.32. The van der Waals surface area contributed by atoms with Gasteiger partial charge in [-0.25, -0.2) is 0 Å². The third kappa shape index (κ3) is 4.34. The molecule has 0 bridgehead atoms. The van der Waals surface area contributed by atoms with Gasteiger partial charge in [0.25, 0.3) is 0 Å². The molecule has 0 heterocycles. The lowest BCUT2D eigenvalue weighted by atomic mass is 10.0. The number of carbonyl (C=O) groups excluding carboxylic acids is 1. The number of hydrogen-bond acceptors (Lipinski definition) is 3. The number of carbonyl (C=O) groups is 1. The van der Waals surface area contributed by atoms with Gasteiger partial charge in [-0.05, 0) is 31.0 Å². The highest BCUT2D eigenvalue weighted by atomic mass is 79.9. The maximum absolute atomic E-state index is 12.4. The molecule has 118 valence electrons. The molecule has 21 heavy (non-hydrogen) atoms. The van der Waals surface area contributed by atoms with Crippen molar-refractivity contribution in [1.29, 1.82) is 0 Å². The first-order valence-electron chi connectivity index (χ1n) is 6.86. The molecule has 1 fully saturated rings. The van der Waals surface area contributed by atoms with Crippen LogP contribution in [0.3, 0.4) is 0 Å². The Morgan fingerprint density at radius 1 is 1.48 bits per heavy atom. The first-order valence-corrected chi connectivity index (χ1v) is 7.65. The molecular formula is C15H22BrClN2O2. The van der Waals surface area contributed by atoms with Crippen molar-refractivity contribution in [2.45, 2.75) is 31.8 Å². The van der Waals surface area contributed by atoms with Crippen LogP contribution in [0, 0.1) is 5.92 Å². The van der Waals surface area contributed by atoms with Crippen LogP contribution < -0.4 is 10.5 Å². The Balaban J connectivity index is 0.00000220. The Bertz CT molecular complexity index is 499. The second-order valence-corrected chi connectivity index (χ2v) is 6.27. The minimum Gasteiger partial charge on any atom is -0.496 e. The van der Waals surface area contributed by atoms with Crippen molar-refractivity contribution in [1.82, 2.24) is 4.90 Å². The molecule has 2 atom stereocenters. The lowest BCUT2D eigenvalue weighted by Gasteiger charge is -2.24. The van der Waals surface area contributed by atoms with Crippen LogP contribution in [0.1, 0.15) is 24.8 Å². The minimum absolute atomic E-state index is 0. The van der Waals surface area contributed by atoms with E-state index in [1.807, 2.05) is 25.2 Å². The van der Waals surface area contributed by atoms with Gasteiger partial charge in [0.2, 0.25) is 5.91 Å². The van der Waals surface area contributed by atoms with Gasteiger partial charge in [-0.2, -0.15) is 0 Å². The molecule has 1 aliphatic rings. The van der Waals surface area contributed by atoms with Crippen molar-refractivity contribution >= 4 is 34.2 Å². The molecule has 2 rings (SSSR count). The van der Waals surface area contributed by atoms with Crippen molar-refractivity contribution in [3.8, 4) is 5.75 Å². The number of methoxy groups -OCH3 is 1. The van der Waals surface area contributed by atoms with E-state index in [-0.39, 0.29) is 30.3 Å². The summed E-state index contributed by atoms with van der Waals surface area (Å²) in [6.45, 7) is 0.532. The number of halogens is 2. The lowest BCUT2D eigenvalue weighted by Crippen LogP contribution is -2.39. The first kappa shape index (κ1) is 18.3. The number of nitrogens with two attached hydrogens (primary N) is 1. The van der Waals surface area contributed by atoms with Crippen LogP contribution in [-0.2, 0) is 11.3 Å². The predicted octanol–water partition coefficient (Wildman–Crippen LogP) is 2.97. The van der Waals surface area contributed by atoms with E-state index in [2.05, 4.69) is 15.9 Å². The van der Waals surface area contributed by atoms with Crippen LogP contribution in [0.5, 0.6) is 5.75 Å². The number of hydrogen-bond donors (Lipinski definition) is 1. The fourth-order valence-electron chi connectivity index (χ4n) is 2.78. The molecular weight excluding hydrogens is 356 g/mol. The summed E-state index contributed by atoms with van der Waals surface area (Å²) >= 11 is 3.45. The van der Waals surface area contributed by atoms with Crippen molar-refractivity contribution in [2.24, 2.45) is 11.7 Å². The molecule has 0 radical (unpaired) electrons. The normalized spacial score (nSPS) is 20.8. The summed E-state index contributed by atoms with van der Waals surface area (Å²) in [5.74, 6) is 0.902. The summed E-state index contributed by atoms with van der Waals surface area (Å²) in [7, 11) is 3.47. The van der Waals surface area contributed by atoms with Gasteiger partial charge in [0.1, 0.15) is 5.75 Å². The SMILES string of the molecule is COc1ccc(Br)cc1CN(C)C(=O)C1CCCC1N.Cl. The highest BCUT2D eigenvalue weighted by Gasteiger charge is 2.32. The molecule has 6 heteroatoms. The predicted molar refractivity (Wildman–Crippen MR) is 89.7 cm³/mol. The van der Waals surface area contributed by atoms with Gasteiger partial charge >= 0.3 is 0 Å². The number of rotatable bonds is 4. The molecule has 1 aliphatic carbocycles. The number of amides is 1. The maximum Gasteiger partial charge on any atom is 0.227 e. The Morgan fingerprint density at radius 3 is 2.76 bits per heavy atom. The molecule has 2 unspecified atom stereocenters. The highest BCUT2D eigenvalue weighted by molar-refractivity contribution is 9.10. The number of benzene rings is 1. The van der Waals surface area contributed by atoms with E-state index in [0.29, 0.717) is 6.54 Å². The van der Waals surface area contributed by atoms with Crippen LogP contribution in [-0.4, -0.2) is 31.0 Å². The molecule has 1 saturated carbocycles. The van der Waals surface area contributed by atoms with Gasteiger partial charge < -0.3 is 15.4 Å². The Kier molecular flexibility index (Phi) is 6.97. The fourth-order valence-corrected chi connectivity index (χ4v) is 3.19. The van der Waals surface area contributed by atoms with Gasteiger partial charge in [0.05, 0.1) is 13.0 Å². The van der Waals surface area contributed by atoms with Gasteiger partial charge in [-0.3, -0.25) is 4.79 Å². The summed E-state index contributed by atoms with van der Waals surface area (Å²) in [6.07, 6.45) is 2.90. The van der Waals surface area contributed by atoms with E-state index in [1.165, 1.54) is 0 Å². The van der Waals surface area contributed by atoms with Crippen LogP contribution in [0.25, 0.3) is 0 Å². The average molecular weight is 378 g/mol. The zero-order valence-corrected chi connectivity index (χ0v) is 14.7. The molecule has 1 aromatic rings. The fraction of sp³-hybridized carbons (Fsp3) is 0.533. The van der Waals surface area contributed by atoms with Gasteiger partial charge in [-0.1, -0.05) is 22.4 Å². The topological polar surface area (TPSA) is 55.6 Å². The van der Waals surface area contributed by atoms with Crippen molar-refractivity contribution < 1.29 is 9.53 Å². The largest absolute Gasteiger partial charge is 0.496 e. The minimum atomic E-state index is -0.0295. The van der Waals surface area contributed by atoms with Crippen LogP contribution in [0.15, 0.2) is 22.7 Å². The molecule has 1 amide bonds. The first-order chi connectivity index (χ1) is 9.52. The van der Waals surface area contributed by atoms with Crippen molar-refractivity contribution in [2.75, 3.05) is 14.2 Å². The molecule has 0 saturated heterocycles. The van der Waals surface area contributed by atoms with E-state index in [1.54, 1.807) is 12.0 Å². The summed E-state index contributed by atoms with van der Waals surface area (Å²) in [5.41, 5.74) is 7.00. The molecule has 0 spiro atoms. The quantitative estimate of drug-likeness (QED) is 0.877. The molecule has 0 aromatic heterocycles. The third-order valence-electron chi connectivity index (χ3n) is 3.91. The van der Waals surface area contributed by atoms with E-state index >= 15 is 0 Å².